The van der Waals surface area contributed by atoms with Gasteiger partial charge in [-0.1, -0.05) is 18.2 Å². The average Bonchev–Trinajstić information content (AvgIpc) is 3.47. The lowest BCUT2D eigenvalue weighted by atomic mass is 10.1. The molecule has 5 rings (SSSR count). The SMILES string of the molecule is CCOc1ccccc1C(=O)N1CCN(C(=O)[C@H]2C[C@H]2c2ccc3c(c2)OCO3)CC1. The van der Waals surface area contributed by atoms with Crippen molar-refractivity contribution in [3.8, 4) is 17.2 Å². The lowest BCUT2D eigenvalue weighted by Gasteiger charge is -2.35. The summed E-state index contributed by atoms with van der Waals surface area (Å²) in [5.74, 6) is 2.53. The first kappa shape index (κ1) is 19.7. The van der Waals surface area contributed by atoms with Crippen LogP contribution in [0.15, 0.2) is 42.5 Å². The van der Waals surface area contributed by atoms with Gasteiger partial charge in [-0.2, -0.15) is 0 Å². The van der Waals surface area contributed by atoms with Gasteiger partial charge in [-0.15, -0.1) is 0 Å². The number of fused-ring (bicyclic) bond motifs is 1. The molecule has 1 saturated carbocycles. The molecule has 0 bridgehead atoms. The van der Waals surface area contributed by atoms with Gasteiger partial charge in [0.2, 0.25) is 12.7 Å². The van der Waals surface area contributed by atoms with E-state index in [9.17, 15) is 9.59 Å². The maximum absolute atomic E-state index is 13.0. The van der Waals surface area contributed by atoms with E-state index in [-0.39, 0.29) is 30.4 Å². The van der Waals surface area contributed by atoms with Crippen LogP contribution in [0.4, 0.5) is 0 Å². The van der Waals surface area contributed by atoms with E-state index in [4.69, 9.17) is 14.2 Å². The molecule has 2 atom stereocenters. The molecule has 2 aromatic carbocycles. The molecule has 2 amide bonds. The van der Waals surface area contributed by atoms with E-state index in [0.29, 0.717) is 44.1 Å². The van der Waals surface area contributed by atoms with Crippen molar-refractivity contribution in [2.75, 3.05) is 39.6 Å². The van der Waals surface area contributed by atoms with Crippen molar-refractivity contribution in [1.29, 1.82) is 0 Å². The van der Waals surface area contributed by atoms with Gasteiger partial charge in [-0.3, -0.25) is 9.59 Å². The number of rotatable bonds is 5. The van der Waals surface area contributed by atoms with E-state index < -0.39 is 0 Å². The van der Waals surface area contributed by atoms with E-state index in [1.807, 2.05) is 53.1 Å². The molecule has 1 aliphatic carbocycles. The minimum Gasteiger partial charge on any atom is -0.493 e. The molecule has 2 aliphatic heterocycles. The summed E-state index contributed by atoms with van der Waals surface area (Å²) in [7, 11) is 0. The zero-order valence-electron chi connectivity index (χ0n) is 17.6. The van der Waals surface area contributed by atoms with Gasteiger partial charge in [0.15, 0.2) is 11.5 Å². The predicted molar refractivity (Wildman–Crippen MR) is 114 cm³/mol. The monoisotopic (exact) mass is 422 g/mol. The summed E-state index contributed by atoms with van der Waals surface area (Å²) >= 11 is 0. The summed E-state index contributed by atoms with van der Waals surface area (Å²) in [6.45, 7) is 4.86. The van der Waals surface area contributed by atoms with E-state index in [1.54, 1.807) is 6.07 Å². The van der Waals surface area contributed by atoms with Crippen LogP contribution in [-0.4, -0.2) is 61.2 Å². The van der Waals surface area contributed by atoms with Crippen LogP contribution >= 0.6 is 0 Å². The molecule has 7 heteroatoms. The molecule has 3 aliphatic rings. The highest BCUT2D eigenvalue weighted by Crippen LogP contribution is 2.50. The van der Waals surface area contributed by atoms with Gasteiger partial charge in [-0.05, 0) is 49.1 Å². The molecule has 1 saturated heterocycles. The molecule has 7 nitrogen and oxygen atoms in total. The third-order valence-electron chi connectivity index (χ3n) is 6.23. The summed E-state index contributed by atoms with van der Waals surface area (Å²) in [6, 6.07) is 13.3. The maximum Gasteiger partial charge on any atom is 0.257 e. The van der Waals surface area contributed by atoms with Gasteiger partial charge >= 0.3 is 0 Å². The molecule has 0 radical (unpaired) electrons. The fourth-order valence-corrected chi connectivity index (χ4v) is 4.44. The number of hydrogen-bond donors (Lipinski definition) is 0. The van der Waals surface area contributed by atoms with Crippen molar-refractivity contribution in [1.82, 2.24) is 9.80 Å². The molecule has 0 N–H and O–H groups in total. The van der Waals surface area contributed by atoms with Gasteiger partial charge in [0.25, 0.3) is 5.91 Å². The first-order chi connectivity index (χ1) is 15.2. The highest BCUT2D eigenvalue weighted by atomic mass is 16.7. The normalized spacial score (nSPS) is 21.7. The van der Waals surface area contributed by atoms with Crippen molar-refractivity contribution in [2.45, 2.75) is 19.3 Å². The van der Waals surface area contributed by atoms with Crippen LogP contribution in [0, 0.1) is 5.92 Å². The lowest BCUT2D eigenvalue weighted by molar-refractivity contribution is -0.134. The number of carbonyl (C=O) groups excluding carboxylic acids is 2. The summed E-state index contributed by atoms with van der Waals surface area (Å²) < 4.78 is 16.4. The number of carbonyl (C=O) groups is 2. The van der Waals surface area contributed by atoms with E-state index in [0.717, 1.165) is 23.5 Å². The smallest absolute Gasteiger partial charge is 0.257 e. The molecule has 0 unspecified atom stereocenters. The van der Waals surface area contributed by atoms with Gasteiger partial charge in [0.05, 0.1) is 12.2 Å². The second-order valence-corrected chi connectivity index (χ2v) is 8.11. The molecular formula is C24H26N2O5. The van der Waals surface area contributed by atoms with Crippen molar-refractivity contribution >= 4 is 11.8 Å². The number of hydrogen-bond acceptors (Lipinski definition) is 5. The molecular weight excluding hydrogens is 396 g/mol. The molecule has 2 fully saturated rings. The summed E-state index contributed by atoms with van der Waals surface area (Å²) in [5.41, 5.74) is 1.71. The number of para-hydroxylation sites is 1. The quantitative estimate of drug-likeness (QED) is 0.741. The minimum absolute atomic E-state index is 0.0151. The van der Waals surface area contributed by atoms with Gasteiger partial charge < -0.3 is 24.0 Å². The highest BCUT2D eigenvalue weighted by molar-refractivity contribution is 5.97. The van der Waals surface area contributed by atoms with Crippen LogP contribution in [0.1, 0.15) is 35.2 Å². The number of piperazine rings is 1. The van der Waals surface area contributed by atoms with Crippen LogP contribution in [-0.2, 0) is 4.79 Å². The second-order valence-electron chi connectivity index (χ2n) is 8.11. The molecule has 2 heterocycles. The Kier molecular flexibility index (Phi) is 5.18. The first-order valence-corrected chi connectivity index (χ1v) is 10.8. The Hall–Kier alpha value is -3.22. The summed E-state index contributed by atoms with van der Waals surface area (Å²) in [5, 5.41) is 0. The Morgan fingerprint density at radius 1 is 1.00 bits per heavy atom. The van der Waals surface area contributed by atoms with Crippen molar-refractivity contribution in [3.63, 3.8) is 0 Å². The fraction of sp³-hybridized carbons (Fsp3) is 0.417. The second kappa shape index (κ2) is 8.13. The predicted octanol–water partition coefficient (Wildman–Crippen LogP) is 2.90. The fourth-order valence-electron chi connectivity index (χ4n) is 4.44. The number of nitrogens with zero attached hydrogens (tertiary/aromatic N) is 2. The number of amides is 2. The van der Waals surface area contributed by atoms with Crippen LogP contribution in [0.25, 0.3) is 0 Å². The highest BCUT2D eigenvalue weighted by Gasteiger charge is 2.46. The maximum atomic E-state index is 13.0. The molecule has 2 aromatic rings. The van der Waals surface area contributed by atoms with E-state index in [2.05, 4.69) is 0 Å². The van der Waals surface area contributed by atoms with E-state index in [1.165, 1.54) is 0 Å². The molecule has 31 heavy (non-hydrogen) atoms. The third kappa shape index (κ3) is 3.80. The zero-order chi connectivity index (χ0) is 21.4. The van der Waals surface area contributed by atoms with Gasteiger partial charge in [0.1, 0.15) is 5.75 Å². The Bertz CT molecular complexity index is 999. The van der Waals surface area contributed by atoms with Gasteiger partial charge in [-0.25, -0.2) is 0 Å². The Morgan fingerprint density at radius 2 is 1.74 bits per heavy atom. The van der Waals surface area contributed by atoms with Crippen molar-refractivity contribution in [2.24, 2.45) is 5.92 Å². The summed E-state index contributed by atoms with van der Waals surface area (Å²) in [4.78, 5) is 29.7. The van der Waals surface area contributed by atoms with Crippen molar-refractivity contribution < 1.29 is 23.8 Å². The van der Waals surface area contributed by atoms with Gasteiger partial charge in [0, 0.05) is 32.1 Å². The zero-order valence-corrected chi connectivity index (χ0v) is 17.6. The number of benzene rings is 2. The van der Waals surface area contributed by atoms with E-state index >= 15 is 0 Å². The van der Waals surface area contributed by atoms with Crippen LogP contribution in [0.2, 0.25) is 0 Å². The Balaban J connectivity index is 1.18. The minimum atomic E-state index is -0.0409. The standard InChI is InChI=1S/C24H26N2O5/c1-2-29-20-6-4-3-5-17(20)23(27)25-9-11-26(12-10-25)24(28)19-14-18(19)16-7-8-21-22(13-16)31-15-30-21/h3-8,13,18-19H,2,9-12,14-15H2,1H3/t18-,19-/m0/s1. The number of ether oxygens (including phenoxy) is 3. The molecule has 162 valence electrons. The topological polar surface area (TPSA) is 68.3 Å². The average molecular weight is 422 g/mol. The molecule has 0 aromatic heterocycles. The first-order valence-electron chi connectivity index (χ1n) is 10.8. The van der Waals surface area contributed by atoms with Crippen LogP contribution in [0.5, 0.6) is 17.2 Å². The van der Waals surface area contributed by atoms with Crippen molar-refractivity contribution in [3.05, 3.63) is 53.6 Å². The van der Waals surface area contributed by atoms with Crippen LogP contribution < -0.4 is 14.2 Å². The third-order valence-corrected chi connectivity index (χ3v) is 6.23. The van der Waals surface area contributed by atoms with Crippen LogP contribution in [0.3, 0.4) is 0 Å². The Morgan fingerprint density at radius 3 is 2.55 bits per heavy atom. The Labute approximate surface area is 181 Å². The lowest BCUT2D eigenvalue weighted by Crippen LogP contribution is -2.51. The molecule has 0 spiro atoms. The summed E-state index contributed by atoms with van der Waals surface area (Å²) in [6.07, 6.45) is 0.860. The largest absolute Gasteiger partial charge is 0.493 e.